The average Bonchev–Trinajstić information content (AvgIpc) is 2.46. The van der Waals surface area contributed by atoms with E-state index in [1.807, 2.05) is 0 Å². The van der Waals surface area contributed by atoms with Crippen molar-refractivity contribution < 1.29 is 24.4 Å². The molecule has 0 unspecified atom stereocenters. The number of aliphatic imine (C=N–C) groups is 1. The van der Waals surface area contributed by atoms with E-state index in [-0.39, 0.29) is 23.4 Å². The summed E-state index contributed by atoms with van der Waals surface area (Å²) in [6, 6.07) is 6.28. The summed E-state index contributed by atoms with van der Waals surface area (Å²) in [5.74, 6) is -1.74. The Hall–Kier alpha value is -3.36. The van der Waals surface area contributed by atoms with E-state index < -0.39 is 11.9 Å². The highest BCUT2D eigenvalue weighted by atomic mass is 16.5. The van der Waals surface area contributed by atoms with Crippen LogP contribution in [0.3, 0.4) is 0 Å². The number of guanidine groups is 2. The molecular formula is C13H16N5O4+. The van der Waals surface area contributed by atoms with Crippen molar-refractivity contribution in [2.24, 2.45) is 16.5 Å². The molecule has 22 heavy (non-hydrogen) atoms. The van der Waals surface area contributed by atoms with Gasteiger partial charge in [0.15, 0.2) is 11.4 Å². The third-order valence-corrected chi connectivity index (χ3v) is 2.22. The summed E-state index contributed by atoms with van der Waals surface area (Å²) in [7, 11) is 1.18. The fourth-order valence-corrected chi connectivity index (χ4v) is 1.27. The Labute approximate surface area is 126 Å². The Morgan fingerprint density at radius 3 is 2.64 bits per heavy atom. The van der Waals surface area contributed by atoms with E-state index in [0.717, 1.165) is 12.2 Å². The summed E-state index contributed by atoms with van der Waals surface area (Å²) in [4.78, 5) is 28.5. The number of hydrogen-bond acceptors (Lipinski definition) is 5. The molecule has 0 saturated heterocycles. The molecule has 1 aromatic carbocycles. The molecule has 0 bridgehead atoms. The van der Waals surface area contributed by atoms with Crippen LogP contribution in [-0.2, 0) is 14.3 Å². The van der Waals surface area contributed by atoms with Crippen LogP contribution in [0.5, 0.6) is 5.75 Å². The van der Waals surface area contributed by atoms with Crippen LogP contribution in [0.2, 0.25) is 0 Å². The summed E-state index contributed by atoms with van der Waals surface area (Å²) < 4.78 is 4.33. The standard InChI is InChI=1S/C13H15N5O4/c1-22-11(21)7-6-10(20)17-13(15)18-12(14)16-8-4-2-3-5-9(8)19/h2-7,19H,1H3,(H5,14,15,16,17,18,20)/p+1. The second kappa shape index (κ2) is 8.04. The molecule has 1 rings (SSSR count). The van der Waals surface area contributed by atoms with Gasteiger partial charge in [-0.2, -0.15) is 0 Å². The quantitative estimate of drug-likeness (QED) is 0.181. The number of phenols is 1. The lowest BCUT2D eigenvalue weighted by molar-refractivity contribution is -0.322. The zero-order valence-corrected chi connectivity index (χ0v) is 11.7. The number of para-hydroxylation sites is 2. The molecule has 1 amide bonds. The van der Waals surface area contributed by atoms with Gasteiger partial charge in [0, 0.05) is 12.2 Å². The van der Waals surface area contributed by atoms with Gasteiger partial charge in [0.1, 0.15) is 0 Å². The van der Waals surface area contributed by atoms with E-state index in [4.69, 9.17) is 11.5 Å². The van der Waals surface area contributed by atoms with Gasteiger partial charge in [-0.3, -0.25) is 4.79 Å². The van der Waals surface area contributed by atoms with Crippen molar-refractivity contribution in [2.45, 2.75) is 0 Å². The molecule has 116 valence electrons. The first kappa shape index (κ1) is 16.7. The van der Waals surface area contributed by atoms with E-state index in [1.54, 1.807) is 12.1 Å². The van der Waals surface area contributed by atoms with Gasteiger partial charge in [-0.15, -0.1) is 4.99 Å². The highest BCUT2D eigenvalue weighted by molar-refractivity contribution is 6.03. The number of nitrogens with one attached hydrogen (secondary N) is 2. The molecule has 0 aliphatic carbocycles. The molecule has 0 aliphatic rings. The number of amides is 1. The van der Waals surface area contributed by atoms with Gasteiger partial charge in [-0.05, 0) is 12.1 Å². The van der Waals surface area contributed by atoms with E-state index >= 15 is 0 Å². The number of aromatic hydroxyl groups is 1. The Kier molecular flexibility index (Phi) is 6.10. The fraction of sp³-hybridized carbons (Fsp3) is 0.0769. The molecule has 9 nitrogen and oxygen atoms in total. The smallest absolute Gasteiger partial charge is 0.330 e. The van der Waals surface area contributed by atoms with Crippen LogP contribution in [0.1, 0.15) is 0 Å². The van der Waals surface area contributed by atoms with Crippen LogP contribution >= 0.6 is 0 Å². The van der Waals surface area contributed by atoms with Crippen LogP contribution in [0.4, 0.5) is 5.69 Å². The molecule has 7 N–H and O–H groups in total. The van der Waals surface area contributed by atoms with Gasteiger partial charge in [0.05, 0.1) is 7.11 Å². The number of rotatable bonds is 3. The van der Waals surface area contributed by atoms with Crippen molar-refractivity contribution in [2.75, 3.05) is 7.11 Å². The van der Waals surface area contributed by atoms with E-state index in [2.05, 4.69) is 20.0 Å². The maximum absolute atomic E-state index is 11.4. The molecule has 0 saturated carbocycles. The molecule has 0 aliphatic heterocycles. The lowest BCUT2D eigenvalue weighted by atomic mass is 10.3. The summed E-state index contributed by atoms with van der Waals surface area (Å²) in [5, 5.41) is 11.8. The average molecular weight is 306 g/mol. The molecule has 9 heteroatoms. The fourth-order valence-electron chi connectivity index (χ4n) is 1.27. The van der Waals surface area contributed by atoms with E-state index in [1.165, 1.54) is 19.2 Å². The van der Waals surface area contributed by atoms with Crippen molar-refractivity contribution >= 4 is 29.5 Å². The number of nitrogens with zero attached hydrogens (tertiary/aromatic N) is 1. The maximum Gasteiger partial charge on any atom is 0.330 e. The minimum absolute atomic E-state index is 0.0594. The maximum atomic E-state index is 11.4. The first-order valence-corrected chi connectivity index (χ1v) is 6.01. The van der Waals surface area contributed by atoms with Crippen molar-refractivity contribution in [1.82, 2.24) is 5.32 Å². The molecule has 0 heterocycles. The molecule has 0 aromatic heterocycles. The number of methoxy groups -OCH3 is 1. The highest BCUT2D eigenvalue weighted by Gasteiger charge is 2.06. The number of carbonyl (C=O) groups is 2. The van der Waals surface area contributed by atoms with Gasteiger partial charge in [-0.1, -0.05) is 12.1 Å². The second-order valence-electron chi connectivity index (χ2n) is 3.87. The van der Waals surface area contributed by atoms with Crippen molar-refractivity contribution in [1.29, 1.82) is 0 Å². The van der Waals surface area contributed by atoms with Gasteiger partial charge in [0.25, 0.3) is 11.9 Å². The number of hydrogen-bond donors (Lipinski definition) is 5. The molecule has 0 fully saturated rings. The van der Waals surface area contributed by atoms with Gasteiger partial charge >= 0.3 is 11.9 Å². The number of esters is 1. The molecule has 1 aromatic rings. The SMILES string of the molecule is COC(=O)C=CC(=O)N/C(N)=[NH+]/C(N)=Nc1ccccc1O. The minimum atomic E-state index is -0.678. The highest BCUT2D eigenvalue weighted by Crippen LogP contribution is 2.24. The van der Waals surface area contributed by atoms with E-state index in [0.29, 0.717) is 0 Å². The molecule has 0 atom stereocenters. The second-order valence-corrected chi connectivity index (χ2v) is 3.87. The minimum Gasteiger partial charge on any atom is -0.505 e. The lowest BCUT2D eigenvalue weighted by Crippen LogP contribution is -2.85. The molecule has 0 radical (unpaired) electrons. The normalized spacial score (nSPS) is 12.2. The Balaban J connectivity index is 2.72. The predicted octanol–water partition coefficient (Wildman–Crippen LogP) is -2.42. The lowest BCUT2D eigenvalue weighted by Gasteiger charge is -1.98. The monoisotopic (exact) mass is 306 g/mol. The Morgan fingerprint density at radius 1 is 1.32 bits per heavy atom. The topological polar surface area (TPSA) is 154 Å². The number of phenolic OH excluding ortho intramolecular Hbond substituents is 1. The van der Waals surface area contributed by atoms with Gasteiger partial charge in [0.2, 0.25) is 0 Å². The van der Waals surface area contributed by atoms with Crippen LogP contribution in [0.25, 0.3) is 0 Å². The largest absolute Gasteiger partial charge is 0.505 e. The van der Waals surface area contributed by atoms with Crippen molar-refractivity contribution in [3.63, 3.8) is 0 Å². The van der Waals surface area contributed by atoms with Gasteiger partial charge in [-0.25, -0.2) is 15.1 Å². The van der Waals surface area contributed by atoms with Crippen LogP contribution < -0.4 is 21.8 Å². The summed E-state index contributed by atoms with van der Waals surface area (Å²) in [6.07, 6.45) is 1.87. The van der Waals surface area contributed by atoms with Crippen LogP contribution in [-0.4, -0.2) is 36.0 Å². The number of benzene rings is 1. The predicted molar refractivity (Wildman–Crippen MR) is 78.8 cm³/mol. The first-order valence-electron chi connectivity index (χ1n) is 6.01. The zero-order valence-electron chi connectivity index (χ0n) is 11.7. The van der Waals surface area contributed by atoms with Crippen LogP contribution in [0, 0.1) is 0 Å². The number of nitrogens with two attached hydrogens (primary N) is 2. The molecule has 0 spiro atoms. The van der Waals surface area contributed by atoms with Crippen LogP contribution in [0.15, 0.2) is 41.4 Å². The molecular weight excluding hydrogens is 290 g/mol. The van der Waals surface area contributed by atoms with Crippen molar-refractivity contribution in [3.05, 3.63) is 36.4 Å². The third-order valence-electron chi connectivity index (χ3n) is 2.22. The van der Waals surface area contributed by atoms with E-state index in [9.17, 15) is 14.7 Å². The first-order chi connectivity index (χ1) is 10.4. The number of ether oxygens (including phenoxy) is 1. The number of carbonyl (C=O) groups excluding carboxylic acids is 2. The van der Waals surface area contributed by atoms with Gasteiger partial charge < -0.3 is 21.3 Å². The summed E-state index contributed by atoms with van der Waals surface area (Å²) >= 11 is 0. The third kappa shape index (κ3) is 5.74. The zero-order chi connectivity index (χ0) is 16.5. The summed E-state index contributed by atoms with van der Waals surface area (Å²) in [6.45, 7) is 0. The Bertz CT molecular complexity index is 652. The summed E-state index contributed by atoms with van der Waals surface area (Å²) in [5.41, 5.74) is 11.3. The van der Waals surface area contributed by atoms with Crippen molar-refractivity contribution in [3.8, 4) is 5.75 Å². The Morgan fingerprint density at radius 2 is 2.00 bits per heavy atom.